The quantitative estimate of drug-likeness (QED) is 0.728. The molecule has 0 aliphatic carbocycles. The fraction of sp³-hybridized carbons (Fsp3) is 0.333. The molecule has 0 saturated carbocycles. The standard InChI is InChI=1S/C12H13F2NO/c1-4-11-12(13,14)16-10-6-8(3)7(2)5-9(10)15-11/h4-6,15H,1-3H3. The van der Waals surface area contributed by atoms with Crippen LogP contribution in [0.5, 0.6) is 5.75 Å². The summed E-state index contributed by atoms with van der Waals surface area (Å²) in [6.45, 7) is 5.34. The zero-order valence-electron chi connectivity index (χ0n) is 9.40. The van der Waals surface area contributed by atoms with Crippen LogP contribution in [0.25, 0.3) is 0 Å². The van der Waals surface area contributed by atoms with E-state index < -0.39 is 6.11 Å². The van der Waals surface area contributed by atoms with Gasteiger partial charge in [-0.2, -0.15) is 8.78 Å². The molecule has 1 aliphatic heterocycles. The van der Waals surface area contributed by atoms with E-state index in [2.05, 4.69) is 5.32 Å². The van der Waals surface area contributed by atoms with Gasteiger partial charge in [0.1, 0.15) is 5.70 Å². The smallest absolute Gasteiger partial charge is 0.426 e. The Balaban J connectivity index is 2.51. The molecule has 0 unspecified atom stereocenters. The molecule has 0 fully saturated rings. The molecular formula is C12H13F2NO. The van der Waals surface area contributed by atoms with E-state index in [1.165, 1.54) is 6.08 Å². The Morgan fingerprint density at radius 2 is 1.88 bits per heavy atom. The largest absolute Gasteiger partial charge is 0.441 e. The summed E-state index contributed by atoms with van der Waals surface area (Å²) in [5, 5.41) is 2.69. The number of alkyl halides is 2. The number of allylic oxidation sites excluding steroid dienone is 1. The van der Waals surface area contributed by atoms with Crippen LogP contribution in [0, 0.1) is 13.8 Å². The number of nitrogens with one attached hydrogen (secondary N) is 1. The van der Waals surface area contributed by atoms with Crippen LogP contribution in [0.4, 0.5) is 14.5 Å². The number of anilines is 1. The van der Waals surface area contributed by atoms with Crippen LogP contribution in [0.2, 0.25) is 0 Å². The van der Waals surface area contributed by atoms with Crippen LogP contribution < -0.4 is 10.1 Å². The zero-order valence-corrected chi connectivity index (χ0v) is 9.40. The highest BCUT2D eigenvalue weighted by atomic mass is 19.3. The Kier molecular flexibility index (Phi) is 2.37. The first-order chi connectivity index (χ1) is 7.44. The minimum absolute atomic E-state index is 0.193. The van der Waals surface area contributed by atoms with E-state index in [0.717, 1.165) is 11.1 Å². The van der Waals surface area contributed by atoms with Crippen molar-refractivity contribution in [1.82, 2.24) is 0 Å². The van der Waals surface area contributed by atoms with Crippen molar-refractivity contribution >= 4 is 5.69 Å². The first kappa shape index (κ1) is 10.9. The SMILES string of the molecule is CC=C1Nc2cc(C)c(C)cc2OC1(F)F. The summed E-state index contributed by atoms with van der Waals surface area (Å²) >= 11 is 0. The monoisotopic (exact) mass is 225 g/mol. The molecule has 2 nitrogen and oxygen atoms in total. The number of hydrogen-bond acceptors (Lipinski definition) is 2. The summed E-state index contributed by atoms with van der Waals surface area (Å²) < 4.78 is 31.5. The Morgan fingerprint density at radius 1 is 1.25 bits per heavy atom. The van der Waals surface area contributed by atoms with E-state index in [1.807, 2.05) is 19.9 Å². The predicted molar refractivity (Wildman–Crippen MR) is 58.9 cm³/mol. The topological polar surface area (TPSA) is 21.3 Å². The molecule has 0 bridgehead atoms. The summed E-state index contributed by atoms with van der Waals surface area (Å²) in [6.07, 6.45) is -1.96. The second kappa shape index (κ2) is 3.47. The lowest BCUT2D eigenvalue weighted by atomic mass is 10.1. The number of fused-ring (bicyclic) bond motifs is 1. The van der Waals surface area contributed by atoms with Gasteiger partial charge in [-0.25, -0.2) is 0 Å². The van der Waals surface area contributed by atoms with E-state index in [-0.39, 0.29) is 11.4 Å². The highest BCUT2D eigenvalue weighted by Crippen LogP contribution is 2.40. The third-order valence-corrected chi connectivity index (χ3v) is 2.71. The van der Waals surface area contributed by atoms with Gasteiger partial charge < -0.3 is 10.1 Å². The lowest BCUT2D eigenvalue weighted by molar-refractivity contribution is -0.144. The maximum absolute atomic E-state index is 13.4. The van der Waals surface area contributed by atoms with Gasteiger partial charge in [-0.3, -0.25) is 0 Å². The molecule has 1 aromatic carbocycles. The van der Waals surface area contributed by atoms with E-state index in [9.17, 15) is 8.78 Å². The molecule has 16 heavy (non-hydrogen) atoms. The second-order valence-electron chi connectivity index (χ2n) is 3.88. The molecular weight excluding hydrogens is 212 g/mol. The van der Waals surface area contributed by atoms with Gasteiger partial charge in [0.25, 0.3) is 0 Å². The van der Waals surface area contributed by atoms with Gasteiger partial charge >= 0.3 is 6.11 Å². The molecule has 4 heteroatoms. The first-order valence-corrected chi connectivity index (χ1v) is 5.06. The van der Waals surface area contributed by atoms with Gasteiger partial charge in [-0.1, -0.05) is 6.08 Å². The molecule has 0 atom stereocenters. The average Bonchev–Trinajstić information content (AvgIpc) is 2.19. The van der Waals surface area contributed by atoms with Crippen LogP contribution in [-0.4, -0.2) is 6.11 Å². The molecule has 1 aliphatic rings. The van der Waals surface area contributed by atoms with Crippen LogP contribution in [0.3, 0.4) is 0 Å². The molecule has 0 spiro atoms. The third-order valence-electron chi connectivity index (χ3n) is 2.71. The van der Waals surface area contributed by atoms with Crippen molar-refractivity contribution in [2.45, 2.75) is 26.9 Å². The first-order valence-electron chi connectivity index (χ1n) is 5.06. The minimum Gasteiger partial charge on any atom is -0.426 e. The molecule has 1 aromatic rings. The van der Waals surface area contributed by atoms with Gasteiger partial charge in [0, 0.05) is 0 Å². The van der Waals surface area contributed by atoms with Gasteiger partial charge in [-0.15, -0.1) is 0 Å². The molecule has 0 radical (unpaired) electrons. The number of benzene rings is 1. The van der Waals surface area contributed by atoms with Gasteiger partial charge in [0.2, 0.25) is 0 Å². The maximum atomic E-state index is 13.4. The molecule has 86 valence electrons. The third kappa shape index (κ3) is 1.64. The van der Waals surface area contributed by atoms with Crippen molar-refractivity contribution in [1.29, 1.82) is 0 Å². The van der Waals surface area contributed by atoms with Crippen molar-refractivity contribution in [3.05, 3.63) is 35.0 Å². The normalized spacial score (nSPS) is 19.9. The van der Waals surface area contributed by atoms with Crippen LogP contribution in [0.15, 0.2) is 23.9 Å². The van der Waals surface area contributed by atoms with Crippen molar-refractivity contribution in [2.75, 3.05) is 5.32 Å². The lowest BCUT2D eigenvalue weighted by Gasteiger charge is -2.29. The van der Waals surface area contributed by atoms with E-state index in [0.29, 0.717) is 5.69 Å². The van der Waals surface area contributed by atoms with E-state index in [4.69, 9.17) is 4.74 Å². The lowest BCUT2D eigenvalue weighted by Crippen LogP contribution is -2.35. The number of halogens is 2. The van der Waals surface area contributed by atoms with Gasteiger partial charge in [-0.05, 0) is 44.0 Å². The van der Waals surface area contributed by atoms with Crippen LogP contribution in [0.1, 0.15) is 18.1 Å². The molecule has 2 rings (SSSR count). The summed E-state index contributed by atoms with van der Waals surface area (Å²) in [7, 11) is 0. The molecule has 1 heterocycles. The highest BCUT2D eigenvalue weighted by Gasteiger charge is 2.41. The molecule has 0 amide bonds. The van der Waals surface area contributed by atoms with E-state index >= 15 is 0 Å². The van der Waals surface area contributed by atoms with Crippen molar-refractivity contribution < 1.29 is 13.5 Å². The summed E-state index contributed by atoms with van der Waals surface area (Å²) in [5.41, 5.74) is 2.33. The summed E-state index contributed by atoms with van der Waals surface area (Å²) in [6, 6.07) is 3.43. The van der Waals surface area contributed by atoms with Crippen LogP contribution >= 0.6 is 0 Å². The number of hydrogen-bond donors (Lipinski definition) is 1. The average molecular weight is 225 g/mol. The Labute approximate surface area is 92.9 Å². The zero-order chi connectivity index (χ0) is 11.9. The Morgan fingerprint density at radius 3 is 2.50 bits per heavy atom. The van der Waals surface area contributed by atoms with Crippen molar-refractivity contribution in [3.8, 4) is 5.75 Å². The minimum atomic E-state index is -3.27. The van der Waals surface area contributed by atoms with E-state index in [1.54, 1.807) is 13.0 Å². The molecule has 0 aromatic heterocycles. The van der Waals surface area contributed by atoms with Gasteiger partial charge in [0.05, 0.1) is 5.69 Å². The summed E-state index contributed by atoms with van der Waals surface area (Å²) in [4.78, 5) is 0. The summed E-state index contributed by atoms with van der Waals surface area (Å²) in [5.74, 6) is 0.193. The van der Waals surface area contributed by atoms with Crippen LogP contribution in [-0.2, 0) is 0 Å². The Bertz CT molecular complexity index is 466. The van der Waals surface area contributed by atoms with Gasteiger partial charge in [0.15, 0.2) is 5.75 Å². The van der Waals surface area contributed by atoms with Crippen molar-refractivity contribution in [2.24, 2.45) is 0 Å². The second-order valence-corrected chi connectivity index (χ2v) is 3.88. The predicted octanol–water partition coefficient (Wildman–Crippen LogP) is 3.60. The molecule has 1 N–H and O–H groups in total. The number of ether oxygens (including phenoxy) is 1. The molecule has 0 saturated heterocycles. The highest BCUT2D eigenvalue weighted by molar-refractivity contribution is 5.65. The van der Waals surface area contributed by atoms with Crippen molar-refractivity contribution in [3.63, 3.8) is 0 Å². The Hall–Kier alpha value is -1.58. The fourth-order valence-corrected chi connectivity index (χ4v) is 1.62. The fourth-order valence-electron chi connectivity index (χ4n) is 1.62. The maximum Gasteiger partial charge on any atom is 0.441 e. The number of aryl methyl sites for hydroxylation is 2. The number of rotatable bonds is 0.